The topological polar surface area (TPSA) is 0 Å². The Morgan fingerprint density at radius 2 is 1.86 bits per heavy atom. The zero-order chi connectivity index (χ0) is 11.0. The highest BCUT2D eigenvalue weighted by atomic mass is 14.1. The Morgan fingerprint density at radius 3 is 2.36 bits per heavy atom. The largest absolute Gasteiger partial charge is 0.0683 e. The molecule has 80 valence electrons. The summed E-state index contributed by atoms with van der Waals surface area (Å²) in [7, 11) is 0. The number of hydrogen-bond acceptors (Lipinski definition) is 0. The molecule has 0 aromatic heterocycles. The summed E-state index contributed by atoms with van der Waals surface area (Å²) in [5, 5.41) is 0. The van der Waals surface area contributed by atoms with E-state index in [4.69, 9.17) is 0 Å². The molecule has 0 saturated heterocycles. The van der Waals surface area contributed by atoms with Crippen molar-refractivity contribution >= 4 is 0 Å². The summed E-state index contributed by atoms with van der Waals surface area (Å²) in [6.07, 6.45) is 2.49. The Morgan fingerprint density at radius 1 is 1.21 bits per heavy atom. The molecular formula is C14H24. The molecule has 0 heteroatoms. The van der Waals surface area contributed by atoms with E-state index in [9.17, 15) is 0 Å². The van der Waals surface area contributed by atoms with Crippen molar-refractivity contribution in [2.24, 2.45) is 5.92 Å². The molecule has 0 nitrogen and oxygen atoms in total. The fourth-order valence-electron chi connectivity index (χ4n) is 1.39. The van der Waals surface area contributed by atoms with Crippen LogP contribution in [0, 0.1) is 12.8 Å². The van der Waals surface area contributed by atoms with E-state index in [0.29, 0.717) is 0 Å². The number of hydrogen-bond donors (Lipinski definition) is 0. The average Bonchev–Trinajstić information content (AvgIpc) is 2.21. The monoisotopic (exact) mass is 192 g/mol. The van der Waals surface area contributed by atoms with Crippen LogP contribution in [0.25, 0.3) is 0 Å². The lowest BCUT2D eigenvalue weighted by Crippen LogP contribution is -1.97. The predicted octanol–water partition coefficient (Wildman–Crippen LogP) is 4.61. The van der Waals surface area contributed by atoms with Crippen LogP contribution in [-0.4, -0.2) is 0 Å². The second-order valence-electron chi connectivity index (χ2n) is 3.71. The van der Waals surface area contributed by atoms with Crippen LogP contribution in [0.15, 0.2) is 24.3 Å². The van der Waals surface area contributed by atoms with Gasteiger partial charge in [0.1, 0.15) is 0 Å². The highest BCUT2D eigenvalue weighted by Crippen LogP contribution is 2.12. The van der Waals surface area contributed by atoms with Crippen molar-refractivity contribution in [3.05, 3.63) is 35.4 Å². The molecule has 0 aliphatic rings. The summed E-state index contributed by atoms with van der Waals surface area (Å²) in [5.41, 5.74) is 2.85. The summed E-state index contributed by atoms with van der Waals surface area (Å²) in [6, 6.07) is 8.80. The standard InChI is InChI=1S/C12H18.C2H6/c1-4-10(2)8-12-7-5-6-11(3)9-12;1-2/h5-7,9-10H,4,8H2,1-3H3;1-2H3. The van der Waals surface area contributed by atoms with Gasteiger partial charge in [-0.3, -0.25) is 0 Å². The van der Waals surface area contributed by atoms with Crippen LogP contribution < -0.4 is 0 Å². The first-order chi connectivity index (χ1) is 6.72. The lowest BCUT2D eigenvalue weighted by Gasteiger charge is -2.08. The van der Waals surface area contributed by atoms with Crippen molar-refractivity contribution in [1.82, 2.24) is 0 Å². The van der Waals surface area contributed by atoms with Gasteiger partial charge in [-0.2, -0.15) is 0 Å². The summed E-state index contributed by atoms with van der Waals surface area (Å²) < 4.78 is 0. The van der Waals surface area contributed by atoms with Crippen molar-refractivity contribution in [3.63, 3.8) is 0 Å². The molecule has 0 heterocycles. The predicted molar refractivity (Wildman–Crippen MR) is 65.7 cm³/mol. The lowest BCUT2D eigenvalue weighted by molar-refractivity contribution is 0.560. The molecule has 0 aliphatic carbocycles. The molecule has 1 aromatic carbocycles. The van der Waals surface area contributed by atoms with Crippen LogP contribution in [0.4, 0.5) is 0 Å². The van der Waals surface area contributed by atoms with E-state index < -0.39 is 0 Å². The molecule has 1 rings (SSSR count). The van der Waals surface area contributed by atoms with Crippen molar-refractivity contribution in [2.75, 3.05) is 0 Å². The van der Waals surface area contributed by atoms with Crippen molar-refractivity contribution in [1.29, 1.82) is 0 Å². The number of aryl methyl sites for hydroxylation is 1. The van der Waals surface area contributed by atoms with E-state index >= 15 is 0 Å². The Bertz CT molecular complexity index is 238. The highest BCUT2D eigenvalue weighted by Gasteiger charge is 1.99. The third-order valence-corrected chi connectivity index (χ3v) is 2.36. The minimum absolute atomic E-state index is 0.812. The van der Waals surface area contributed by atoms with Gasteiger partial charge in [-0.1, -0.05) is 63.9 Å². The van der Waals surface area contributed by atoms with Crippen molar-refractivity contribution < 1.29 is 0 Å². The fraction of sp³-hybridized carbons (Fsp3) is 0.571. The van der Waals surface area contributed by atoms with Gasteiger partial charge in [0.25, 0.3) is 0 Å². The molecule has 0 bridgehead atoms. The first-order valence-corrected chi connectivity index (χ1v) is 5.78. The van der Waals surface area contributed by atoms with Crippen molar-refractivity contribution in [3.8, 4) is 0 Å². The van der Waals surface area contributed by atoms with E-state index in [1.54, 1.807) is 0 Å². The van der Waals surface area contributed by atoms with Gasteiger partial charge >= 0.3 is 0 Å². The minimum atomic E-state index is 0.812. The first kappa shape index (κ1) is 13.2. The molecule has 0 radical (unpaired) electrons. The van der Waals surface area contributed by atoms with Gasteiger partial charge in [0.2, 0.25) is 0 Å². The quantitative estimate of drug-likeness (QED) is 0.656. The van der Waals surface area contributed by atoms with Gasteiger partial charge in [-0.25, -0.2) is 0 Å². The maximum atomic E-state index is 2.31. The summed E-state index contributed by atoms with van der Waals surface area (Å²) in [4.78, 5) is 0. The van der Waals surface area contributed by atoms with Crippen LogP contribution in [-0.2, 0) is 6.42 Å². The smallest absolute Gasteiger partial charge is 0.0253 e. The minimum Gasteiger partial charge on any atom is -0.0683 e. The lowest BCUT2D eigenvalue weighted by atomic mass is 9.98. The summed E-state index contributed by atoms with van der Waals surface area (Å²) in [6.45, 7) is 10.7. The van der Waals surface area contributed by atoms with Crippen LogP contribution in [0.1, 0.15) is 45.2 Å². The van der Waals surface area contributed by atoms with Gasteiger partial charge in [0.15, 0.2) is 0 Å². The normalized spacial score (nSPS) is 11.5. The zero-order valence-corrected chi connectivity index (χ0v) is 10.3. The van der Waals surface area contributed by atoms with Crippen LogP contribution >= 0.6 is 0 Å². The van der Waals surface area contributed by atoms with E-state index in [-0.39, 0.29) is 0 Å². The third-order valence-electron chi connectivity index (χ3n) is 2.36. The maximum Gasteiger partial charge on any atom is -0.0253 e. The molecule has 0 saturated carbocycles. The van der Waals surface area contributed by atoms with Crippen molar-refractivity contribution in [2.45, 2.75) is 47.5 Å². The second kappa shape index (κ2) is 7.61. The molecule has 0 spiro atoms. The Kier molecular flexibility index (Phi) is 7.18. The second-order valence-corrected chi connectivity index (χ2v) is 3.71. The molecule has 0 N–H and O–H groups in total. The molecule has 1 atom stereocenters. The molecule has 1 aromatic rings. The number of rotatable bonds is 3. The third kappa shape index (κ3) is 5.06. The Balaban J connectivity index is 0.000000791. The first-order valence-electron chi connectivity index (χ1n) is 5.78. The van der Waals surface area contributed by atoms with E-state index in [1.165, 1.54) is 24.0 Å². The Labute approximate surface area is 89.4 Å². The number of benzene rings is 1. The molecule has 0 fully saturated rings. The van der Waals surface area contributed by atoms with Gasteiger partial charge in [0.05, 0.1) is 0 Å². The van der Waals surface area contributed by atoms with E-state index in [2.05, 4.69) is 45.0 Å². The van der Waals surface area contributed by atoms with Gasteiger partial charge in [0, 0.05) is 0 Å². The molecule has 0 aliphatic heterocycles. The SMILES string of the molecule is CC.CCC(C)Cc1cccc(C)c1. The highest BCUT2D eigenvalue weighted by molar-refractivity contribution is 5.22. The van der Waals surface area contributed by atoms with Gasteiger partial charge < -0.3 is 0 Å². The van der Waals surface area contributed by atoms with Crippen LogP contribution in [0.5, 0.6) is 0 Å². The van der Waals surface area contributed by atoms with Gasteiger partial charge in [-0.15, -0.1) is 0 Å². The summed E-state index contributed by atoms with van der Waals surface area (Å²) in [5.74, 6) is 0.812. The Hall–Kier alpha value is -0.780. The van der Waals surface area contributed by atoms with Gasteiger partial charge in [-0.05, 0) is 24.8 Å². The summed E-state index contributed by atoms with van der Waals surface area (Å²) >= 11 is 0. The average molecular weight is 192 g/mol. The molecule has 1 unspecified atom stereocenters. The van der Waals surface area contributed by atoms with E-state index in [1.807, 2.05) is 13.8 Å². The van der Waals surface area contributed by atoms with E-state index in [0.717, 1.165) is 5.92 Å². The zero-order valence-electron chi connectivity index (χ0n) is 10.3. The molecular weight excluding hydrogens is 168 g/mol. The maximum absolute atomic E-state index is 2.31. The molecule has 0 amide bonds. The molecule has 14 heavy (non-hydrogen) atoms. The fourth-order valence-corrected chi connectivity index (χ4v) is 1.39. The van der Waals surface area contributed by atoms with Crippen LogP contribution in [0.3, 0.4) is 0 Å². The van der Waals surface area contributed by atoms with Crippen LogP contribution in [0.2, 0.25) is 0 Å².